The van der Waals surface area contributed by atoms with Crippen LogP contribution in [0.4, 0.5) is 15.0 Å². The third-order valence-corrected chi connectivity index (χ3v) is 4.77. The molecule has 1 atom stereocenters. The fourth-order valence-electron chi connectivity index (χ4n) is 3.29. The lowest BCUT2D eigenvalue weighted by Crippen LogP contribution is -2.31. The first kappa shape index (κ1) is 19.5. The number of amides is 2. The number of hydrogen-bond acceptors (Lipinski definition) is 4. The summed E-state index contributed by atoms with van der Waals surface area (Å²) in [5, 5.41) is 10.8. The number of pyridine rings is 1. The summed E-state index contributed by atoms with van der Waals surface area (Å²) in [5.74, 6) is 0.0500. The Morgan fingerprint density at radius 3 is 2.60 bits per heavy atom. The molecule has 152 valence electrons. The number of aromatic nitrogens is 3. The molecule has 4 aromatic rings. The summed E-state index contributed by atoms with van der Waals surface area (Å²) in [7, 11) is 0. The topological polar surface area (TPSA) is 97.9 Å². The molecule has 0 fully saturated rings. The molecule has 30 heavy (non-hydrogen) atoms. The summed E-state index contributed by atoms with van der Waals surface area (Å²) < 4.78 is 14.9. The van der Waals surface area contributed by atoms with Gasteiger partial charge in [0.15, 0.2) is 0 Å². The van der Waals surface area contributed by atoms with Gasteiger partial charge < -0.3 is 11.1 Å². The number of anilines is 1. The second-order valence-corrected chi connectivity index (χ2v) is 6.86. The third-order valence-electron chi connectivity index (χ3n) is 4.77. The Morgan fingerprint density at radius 2 is 1.90 bits per heavy atom. The molecule has 4 rings (SSSR count). The molecule has 0 spiro atoms. The molecule has 0 saturated carbocycles. The van der Waals surface area contributed by atoms with Crippen LogP contribution in [0.25, 0.3) is 16.6 Å². The number of urea groups is 1. The van der Waals surface area contributed by atoms with Crippen LogP contribution in [-0.2, 0) is 6.54 Å². The lowest BCUT2D eigenvalue weighted by molar-refractivity contribution is 0.249. The first-order valence-corrected chi connectivity index (χ1v) is 9.51. The van der Waals surface area contributed by atoms with Crippen LogP contribution in [0, 0.1) is 5.82 Å². The van der Waals surface area contributed by atoms with E-state index in [-0.39, 0.29) is 24.4 Å². The number of nitrogens with one attached hydrogen (secondary N) is 2. The number of carbonyl (C=O) groups is 1. The predicted molar refractivity (Wildman–Crippen MR) is 114 cm³/mol. The van der Waals surface area contributed by atoms with Crippen molar-refractivity contribution in [2.75, 3.05) is 5.32 Å². The fourth-order valence-corrected chi connectivity index (χ4v) is 3.29. The minimum Gasteiger partial charge on any atom is -0.331 e. The van der Waals surface area contributed by atoms with Crippen molar-refractivity contribution in [3.63, 3.8) is 0 Å². The van der Waals surface area contributed by atoms with E-state index in [1.165, 1.54) is 12.1 Å². The van der Waals surface area contributed by atoms with Crippen LogP contribution in [0.15, 0.2) is 66.9 Å². The molecular weight excluding hydrogens is 383 g/mol. The Balaban J connectivity index is 1.58. The number of nitrogens with two attached hydrogens (primary N) is 1. The quantitative estimate of drug-likeness (QED) is 0.470. The molecule has 4 N–H and O–H groups in total. The standard InChI is InChI=1S/C22H21FN6O/c1-14(15-5-3-2-4-6-15)26-22(30)28-20-11-16-13-25-29(21(16)19(12-24)27-20)18-9-7-17(23)8-10-18/h2-11,13-14H,12,24H2,1H3,(H2,26,27,28,30). The highest BCUT2D eigenvalue weighted by Crippen LogP contribution is 2.24. The number of rotatable bonds is 5. The second-order valence-electron chi connectivity index (χ2n) is 6.86. The summed E-state index contributed by atoms with van der Waals surface area (Å²) in [4.78, 5) is 16.9. The molecule has 1 unspecified atom stereocenters. The van der Waals surface area contributed by atoms with Gasteiger partial charge in [0.05, 0.1) is 29.1 Å². The molecule has 2 heterocycles. The minimum atomic E-state index is -0.368. The number of hydrogen-bond donors (Lipinski definition) is 3. The van der Waals surface area contributed by atoms with Crippen molar-refractivity contribution >= 4 is 22.8 Å². The van der Waals surface area contributed by atoms with Gasteiger partial charge in [-0.05, 0) is 42.8 Å². The molecule has 2 aromatic heterocycles. The summed E-state index contributed by atoms with van der Waals surface area (Å²) in [6.07, 6.45) is 1.66. The molecule has 0 saturated heterocycles. The van der Waals surface area contributed by atoms with Gasteiger partial charge in [0.25, 0.3) is 0 Å². The zero-order valence-electron chi connectivity index (χ0n) is 16.3. The van der Waals surface area contributed by atoms with Gasteiger partial charge in [-0.1, -0.05) is 30.3 Å². The zero-order valence-corrected chi connectivity index (χ0v) is 16.3. The van der Waals surface area contributed by atoms with E-state index < -0.39 is 0 Å². The van der Waals surface area contributed by atoms with E-state index in [1.807, 2.05) is 37.3 Å². The van der Waals surface area contributed by atoms with Crippen LogP contribution < -0.4 is 16.4 Å². The maximum Gasteiger partial charge on any atom is 0.320 e. The van der Waals surface area contributed by atoms with Crippen molar-refractivity contribution in [2.45, 2.75) is 19.5 Å². The lowest BCUT2D eigenvalue weighted by Gasteiger charge is -2.15. The normalized spacial score (nSPS) is 12.0. The van der Waals surface area contributed by atoms with E-state index in [0.29, 0.717) is 22.7 Å². The first-order chi connectivity index (χ1) is 14.5. The summed E-state index contributed by atoms with van der Waals surface area (Å²) in [5.41, 5.74) is 8.89. The van der Waals surface area contributed by atoms with Gasteiger partial charge in [0.1, 0.15) is 11.6 Å². The maximum absolute atomic E-state index is 13.3. The van der Waals surface area contributed by atoms with Gasteiger partial charge in [-0.3, -0.25) is 5.32 Å². The Kier molecular flexibility index (Phi) is 5.40. The van der Waals surface area contributed by atoms with Gasteiger partial charge in [0, 0.05) is 11.9 Å². The van der Waals surface area contributed by atoms with E-state index >= 15 is 0 Å². The van der Waals surface area contributed by atoms with Gasteiger partial charge in [-0.15, -0.1) is 0 Å². The van der Waals surface area contributed by atoms with Gasteiger partial charge in [0.2, 0.25) is 0 Å². The lowest BCUT2D eigenvalue weighted by atomic mass is 10.1. The highest BCUT2D eigenvalue weighted by Gasteiger charge is 2.15. The minimum absolute atomic E-state index is 0.154. The Bertz CT molecular complexity index is 1170. The predicted octanol–water partition coefficient (Wildman–Crippen LogP) is 3.90. The number of benzene rings is 2. The summed E-state index contributed by atoms with van der Waals surface area (Å²) in [6.45, 7) is 2.06. The molecule has 0 bridgehead atoms. The van der Waals surface area contributed by atoms with Gasteiger partial charge >= 0.3 is 6.03 Å². The zero-order chi connectivity index (χ0) is 21.1. The van der Waals surface area contributed by atoms with Gasteiger partial charge in [-0.25, -0.2) is 18.9 Å². The van der Waals surface area contributed by atoms with E-state index in [1.54, 1.807) is 29.1 Å². The molecule has 2 amide bonds. The van der Waals surface area contributed by atoms with Crippen LogP contribution in [0.1, 0.15) is 24.2 Å². The van der Waals surface area contributed by atoms with E-state index in [9.17, 15) is 9.18 Å². The summed E-state index contributed by atoms with van der Waals surface area (Å²) >= 11 is 0. The van der Waals surface area contributed by atoms with Crippen molar-refractivity contribution in [1.29, 1.82) is 0 Å². The number of halogens is 1. The second kappa shape index (κ2) is 8.30. The highest BCUT2D eigenvalue weighted by molar-refractivity contribution is 5.92. The third kappa shape index (κ3) is 3.99. The Labute approximate surface area is 172 Å². The summed E-state index contributed by atoms with van der Waals surface area (Å²) in [6, 6.07) is 16.9. The molecular formula is C22H21FN6O. The molecule has 8 heteroatoms. The largest absolute Gasteiger partial charge is 0.331 e. The van der Waals surface area contributed by atoms with Crippen molar-refractivity contribution in [3.8, 4) is 5.69 Å². The van der Waals surface area contributed by atoms with Crippen LogP contribution >= 0.6 is 0 Å². The van der Waals surface area contributed by atoms with Crippen molar-refractivity contribution in [1.82, 2.24) is 20.1 Å². The number of nitrogens with zero attached hydrogens (tertiary/aromatic N) is 3. The molecule has 0 aliphatic carbocycles. The fraction of sp³-hybridized carbons (Fsp3) is 0.136. The van der Waals surface area contributed by atoms with E-state index in [0.717, 1.165) is 10.9 Å². The number of fused-ring (bicyclic) bond motifs is 1. The van der Waals surface area contributed by atoms with Crippen LogP contribution in [0.3, 0.4) is 0 Å². The SMILES string of the molecule is CC(NC(=O)Nc1cc2cnn(-c3ccc(F)cc3)c2c(CN)n1)c1ccccc1. The van der Waals surface area contributed by atoms with Crippen LogP contribution in [-0.4, -0.2) is 20.8 Å². The van der Waals surface area contributed by atoms with Gasteiger partial charge in [-0.2, -0.15) is 5.10 Å². The molecule has 7 nitrogen and oxygen atoms in total. The molecule has 0 aliphatic rings. The average molecular weight is 404 g/mol. The number of carbonyl (C=O) groups excluding carboxylic acids is 1. The molecule has 2 aromatic carbocycles. The Morgan fingerprint density at radius 1 is 1.17 bits per heavy atom. The first-order valence-electron chi connectivity index (χ1n) is 9.51. The van der Waals surface area contributed by atoms with Crippen LogP contribution in [0.5, 0.6) is 0 Å². The van der Waals surface area contributed by atoms with Crippen LogP contribution in [0.2, 0.25) is 0 Å². The van der Waals surface area contributed by atoms with Crippen molar-refractivity contribution in [2.24, 2.45) is 5.73 Å². The smallest absolute Gasteiger partial charge is 0.320 e. The van der Waals surface area contributed by atoms with Crippen molar-refractivity contribution < 1.29 is 9.18 Å². The Hall–Kier alpha value is -3.78. The average Bonchev–Trinajstić information content (AvgIpc) is 3.18. The highest BCUT2D eigenvalue weighted by atomic mass is 19.1. The van der Waals surface area contributed by atoms with E-state index in [4.69, 9.17) is 5.73 Å². The monoisotopic (exact) mass is 404 g/mol. The maximum atomic E-state index is 13.3. The molecule has 0 aliphatic heterocycles. The van der Waals surface area contributed by atoms with Crippen molar-refractivity contribution in [3.05, 3.63) is 83.9 Å². The molecule has 0 radical (unpaired) electrons. The van der Waals surface area contributed by atoms with E-state index in [2.05, 4.69) is 20.7 Å².